The third kappa shape index (κ3) is 7.87. The monoisotopic (exact) mass is 510 g/mol. The predicted molar refractivity (Wildman–Crippen MR) is 141 cm³/mol. The van der Waals surface area contributed by atoms with Gasteiger partial charge in [0.1, 0.15) is 5.25 Å². The number of benzene rings is 3. The number of anilines is 2. The molecule has 182 valence electrons. The average Bonchev–Trinajstić information content (AvgIpc) is 2.78. The van der Waals surface area contributed by atoms with Crippen LogP contribution in [0.15, 0.2) is 77.7 Å². The molecule has 3 N–H and O–H groups in total. The first kappa shape index (κ1) is 26.3. The van der Waals surface area contributed by atoms with Crippen LogP contribution in [0.25, 0.3) is 0 Å². The summed E-state index contributed by atoms with van der Waals surface area (Å²) in [5.41, 5.74) is 1.52. The number of carbonyl (C=O) groups is 3. The number of carboxylic acid groups (broad SMARTS) is 1. The van der Waals surface area contributed by atoms with Crippen LogP contribution >= 0.6 is 23.4 Å². The van der Waals surface area contributed by atoms with Crippen LogP contribution in [0, 0.1) is 5.41 Å². The SMILES string of the molecule is CC(C)(C)CC(=O)Nc1cccc(SC(C(=O)Nc2cc(C(=O)O)ccc2Cl)c2ccccc2)c1. The van der Waals surface area contributed by atoms with Crippen molar-refractivity contribution in [2.45, 2.75) is 37.3 Å². The van der Waals surface area contributed by atoms with Gasteiger partial charge in [0.2, 0.25) is 11.8 Å². The van der Waals surface area contributed by atoms with E-state index in [1.165, 1.54) is 30.0 Å². The molecule has 0 aliphatic carbocycles. The summed E-state index contributed by atoms with van der Waals surface area (Å²) in [7, 11) is 0. The number of carbonyl (C=O) groups excluding carboxylic acids is 2. The molecule has 35 heavy (non-hydrogen) atoms. The van der Waals surface area contributed by atoms with E-state index in [0.717, 1.165) is 10.5 Å². The highest BCUT2D eigenvalue weighted by molar-refractivity contribution is 8.00. The third-order valence-electron chi connectivity index (χ3n) is 4.87. The van der Waals surface area contributed by atoms with Gasteiger partial charge in [-0.3, -0.25) is 9.59 Å². The second-order valence-electron chi connectivity index (χ2n) is 9.21. The van der Waals surface area contributed by atoms with Crippen molar-refractivity contribution in [1.29, 1.82) is 0 Å². The quantitative estimate of drug-likeness (QED) is 0.287. The van der Waals surface area contributed by atoms with E-state index < -0.39 is 11.2 Å². The fourth-order valence-corrected chi connectivity index (χ4v) is 4.57. The number of nitrogens with one attached hydrogen (secondary N) is 2. The minimum absolute atomic E-state index is 0.0207. The van der Waals surface area contributed by atoms with E-state index in [2.05, 4.69) is 10.6 Å². The molecule has 8 heteroatoms. The van der Waals surface area contributed by atoms with Gasteiger partial charge in [-0.15, -0.1) is 11.8 Å². The van der Waals surface area contributed by atoms with Gasteiger partial charge in [-0.1, -0.05) is 68.8 Å². The first-order chi connectivity index (χ1) is 16.5. The molecule has 0 aliphatic rings. The Morgan fingerprint density at radius 2 is 1.66 bits per heavy atom. The van der Waals surface area contributed by atoms with Crippen molar-refractivity contribution in [3.63, 3.8) is 0 Å². The second kappa shape index (κ2) is 11.4. The predicted octanol–water partition coefficient (Wildman–Crippen LogP) is 6.89. The molecule has 3 aromatic rings. The molecule has 0 heterocycles. The lowest BCUT2D eigenvalue weighted by atomic mass is 9.92. The van der Waals surface area contributed by atoms with Gasteiger partial charge in [0, 0.05) is 17.0 Å². The van der Waals surface area contributed by atoms with E-state index in [1.54, 1.807) is 6.07 Å². The van der Waals surface area contributed by atoms with Crippen LogP contribution in [0.5, 0.6) is 0 Å². The molecule has 1 atom stereocenters. The van der Waals surface area contributed by atoms with Gasteiger partial charge in [-0.25, -0.2) is 4.79 Å². The van der Waals surface area contributed by atoms with E-state index in [9.17, 15) is 19.5 Å². The minimum atomic E-state index is -1.11. The highest BCUT2D eigenvalue weighted by atomic mass is 35.5. The molecule has 6 nitrogen and oxygen atoms in total. The van der Waals surface area contributed by atoms with E-state index in [4.69, 9.17) is 11.6 Å². The summed E-state index contributed by atoms with van der Waals surface area (Å²) in [6.07, 6.45) is 0.385. The van der Waals surface area contributed by atoms with Crippen molar-refractivity contribution < 1.29 is 19.5 Å². The molecule has 3 rings (SSSR count). The first-order valence-corrected chi connectivity index (χ1v) is 12.2. The van der Waals surface area contributed by atoms with Gasteiger partial charge in [0.05, 0.1) is 16.3 Å². The number of hydrogen-bond acceptors (Lipinski definition) is 4. The topological polar surface area (TPSA) is 95.5 Å². The van der Waals surface area contributed by atoms with Gasteiger partial charge < -0.3 is 15.7 Å². The van der Waals surface area contributed by atoms with E-state index in [-0.39, 0.29) is 33.5 Å². The Bertz CT molecular complexity index is 1230. The molecule has 1 unspecified atom stereocenters. The fraction of sp³-hybridized carbons (Fsp3) is 0.222. The lowest BCUT2D eigenvalue weighted by Crippen LogP contribution is -2.20. The zero-order valence-corrected chi connectivity index (χ0v) is 21.2. The summed E-state index contributed by atoms with van der Waals surface area (Å²) in [5, 5.41) is 14.6. The molecule has 0 spiro atoms. The summed E-state index contributed by atoms with van der Waals surface area (Å²) >= 11 is 7.53. The number of thioether (sulfide) groups is 1. The van der Waals surface area contributed by atoms with Crippen LogP contribution in [0.1, 0.15) is 48.4 Å². The van der Waals surface area contributed by atoms with Crippen LogP contribution in [0.3, 0.4) is 0 Å². The Morgan fingerprint density at radius 1 is 0.943 bits per heavy atom. The number of hydrogen-bond donors (Lipinski definition) is 3. The summed E-state index contributed by atoms with van der Waals surface area (Å²) in [6, 6.07) is 20.7. The van der Waals surface area contributed by atoms with Gasteiger partial charge in [0.15, 0.2) is 0 Å². The Balaban J connectivity index is 1.84. The minimum Gasteiger partial charge on any atom is -0.478 e. The molecular weight excluding hydrogens is 484 g/mol. The molecule has 0 saturated heterocycles. The van der Waals surface area contributed by atoms with Crippen LogP contribution in [0.2, 0.25) is 5.02 Å². The number of rotatable bonds is 8. The highest BCUT2D eigenvalue weighted by Crippen LogP contribution is 2.38. The number of amides is 2. The fourth-order valence-electron chi connectivity index (χ4n) is 3.32. The van der Waals surface area contributed by atoms with Crippen molar-refractivity contribution in [3.05, 3.63) is 88.9 Å². The molecule has 0 saturated carbocycles. The number of aromatic carboxylic acids is 1. The molecule has 0 aromatic heterocycles. The Morgan fingerprint density at radius 3 is 2.31 bits per heavy atom. The molecule has 0 radical (unpaired) electrons. The van der Waals surface area contributed by atoms with Crippen molar-refractivity contribution in [1.82, 2.24) is 0 Å². The van der Waals surface area contributed by atoms with Gasteiger partial charge >= 0.3 is 5.97 Å². The third-order valence-corrected chi connectivity index (χ3v) is 6.45. The van der Waals surface area contributed by atoms with Crippen LogP contribution in [-0.2, 0) is 9.59 Å². The van der Waals surface area contributed by atoms with Crippen LogP contribution in [0.4, 0.5) is 11.4 Å². The zero-order chi connectivity index (χ0) is 25.6. The van der Waals surface area contributed by atoms with Gasteiger partial charge in [-0.05, 0) is 47.4 Å². The number of carboxylic acids is 1. The lowest BCUT2D eigenvalue weighted by Gasteiger charge is -2.19. The Kier molecular flexibility index (Phi) is 8.59. The summed E-state index contributed by atoms with van der Waals surface area (Å²) < 4.78 is 0. The standard InChI is InChI=1S/C27H27ClN2O4S/c1-27(2,3)16-23(31)29-19-10-7-11-20(15-19)35-24(17-8-5-4-6-9-17)25(32)30-22-14-18(26(33)34)12-13-21(22)28/h4-15,24H,16H2,1-3H3,(H,29,31)(H,30,32)(H,33,34). The molecule has 0 fully saturated rings. The Hall–Kier alpha value is -3.29. The maximum absolute atomic E-state index is 13.4. The smallest absolute Gasteiger partial charge is 0.335 e. The van der Waals surface area contributed by atoms with E-state index >= 15 is 0 Å². The summed E-state index contributed by atoms with van der Waals surface area (Å²) in [5.74, 6) is -1.55. The van der Waals surface area contributed by atoms with Crippen LogP contribution < -0.4 is 10.6 Å². The average molecular weight is 511 g/mol. The van der Waals surface area contributed by atoms with Crippen molar-refractivity contribution >= 4 is 52.5 Å². The van der Waals surface area contributed by atoms with Gasteiger partial charge in [-0.2, -0.15) is 0 Å². The first-order valence-electron chi connectivity index (χ1n) is 11.0. The van der Waals surface area contributed by atoms with Crippen molar-refractivity contribution in [2.24, 2.45) is 5.41 Å². The largest absolute Gasteiger partial charge is 0.478 e. The van der Waals surface area contributed by atoms with Crippen molar-refractivity contribution in [2.75, 3.05) is 10.6 Å². The van der Waals surface area contributed by atoms with Crippen LogP contribution in [-0.4, -0.2) is 22.9 Å². The molecular formula is C27H27ClN2O4S. The van der Waals surface area contributed by atoms with E-state index in [1.807, 2.05) is 69.3 Å². The summed E-state index contributed by atoms with van der Waals surface area (Å²) in [6.45, 7) is 6.00. The maximum atomic E-state index is 13.4. The molecule has 0 bridgehead atoms. The van der Waals surface area contributed by atoms with Crippen molar-refractivity contribution in [3.8, 4) is 0 Å². The molecule has 0 aliphatic heterocycles. The maximum Gasteiger partial charge on any atom is 0.335 e. The Labute approximate surface area is 214 Å². The number of halogens is 1. The van der Waals surface area contributed by atoms with Gasteiger partial charge in [0.25, 0.3) is 0 Å². The summed E-state index contributed by atoms with van der Waals surface area (Å²) in [4.78, 5) is 37.9. The highest BCUT2D eigenvalue weighted by Gasteiger charge is 2.24. The molecule has 2 amide bonds. The van der Waals surface area contributed by atoms with E-state index in [0.29, 0.717) is 12.1 Å². The molecule has 3 aromatic carbocycles. The lowest BCUT2D eigenvalue weighted by molar-refractivity contribution is -0.118. The second-order valence-corrected chi connectivity index (χ2v) is 10.8. The normalized spacial score (nSPS) is 12.0. The zero-order valence-electron chi connectivity index (χ0n) is 19.7.